The van der Waals surface area contributed by atoms with Crippen molar-refractivity contribution in [3.8, 4) is 0 Å². The molecule has 5 heteroatoms. The van der Waals surface area contributed by atoms with E-state index >= 15 is 0 Å². The van der Waals surface area contributed by atoms with Crippen LogP contribution in [-0.2, 0) is 0 Å². The number of carbonyl (C=O) groups is 1. The van der Waals surface area contributed by atoms with Crippen molar-refractivity contribution < 1.29 is 15.0 Å². The minimum Gasteiger partial charge on any atom is -0.394 e. The van der Waals surface area contributed by atoms with Gasteiger partial charge >= 0.3 is 0 Å². The second kappa shape index (κ2) is 6.14. The molecule has 0 heterocycles. The molecule has 2 aromatic carbocycles. The largest absolute Gasteiger partial charge is 0.394 e. The van der Waals surface area contributed by atoms with Crippen LogP contribution in [0.3, 0.4) is 0 Å². The lowest BCUT2D eigenvalue weighted by Crippen LogP contribution is -2.33. The van der Waals surface area contributed by atoms with Crippen molar-refractivity contribution in [1.82, 2.24) is 5.32 Å². The number of aliphatic hydroxyl groups excluding tert-OH is 2. The van der Waals surface area contributed by atoms with Gasteiger partial charge in [-0.2, -0.15) is 0 Å². The van der Waals surface area contributed by atoms with Crippen LogP contribution in [0.4, 0.5) is 0 Å². The summed E-state index contributed by atoms with van der Waals surface area (Å²) in [6.45, 7) is -0.334. The number of rotatable bonds is 4. The summed E-state index contributed by atoms with van der Waals surface area (Å²) in [4.78, 5) is 11.9. The molecule has 1 amide bonds. The number of aliphatic hydroxyl groups is 2. The van der Waals surface area contributed by atoms with Gasteiger partial charge in [-0.3, -0.25) is 4.79 Å². The first-order chi connectivity index (χ1) is 9.10. The summed E-state index contributed by atoms with van der Waals surface area (Å²) >= 11 is 3.40. The molecule has 0 aliphatic rings. The van der Waals surface area contributed by atoms with Crippen LogP contribution in [0.5, 0.6) is 0 Å². The highest BCUT2D eigenvalue weighted by Gasteiger charge is 2.08. The van der Waals surface area contributed by atoms with Gasteiger partial charge in [-0.05, 0) is 35.0 Å². The Bertz CT molecular complexity index is 600. The Hall–Kier alpha value is -1.43. The minimum atomic E-state index is -0.930. The normalized spacial score (nSPS) is 12.4. The smallest absolute Gasteiger partial charge is 0.251 e. The van der Waals surface area contributed by atoms with E-state index in [1.54, 1.807) is 12.1 Å². The van der Waals surface area contributed by atoms with E-state index in [9.17, 15) is 9.90 Å². The Balaban J connectivity index is 2.16. The molecule has 19 heavy (non-hydrogen) atoms. The molecule has 2 aromatic rings. The Kier molecular flexibility index (Phi) is 4.52. The predicted octanol–water partition coefficient (Wildman–Crippen LogP) is 1.69. The van der Waals surface area contributed by atoms with Crippen molar-refractivity contribution in [2.75, 3.05) is 13.2 Å². The molecule has 0 aliphatic carbocycles. The molecule has 0 aromatic heterocycles. The number of hydrogen-bond acceptors (Lipinski definition) is 3. The predicted molar refractivity (Wildman–Crippen MR) is 77.1 cm³/mol. The third-order valence-electron chi connectivity index (χ3n) is 2.77. The van der Waals surface area contributed by atoms with E-state index in [1.165, 1.54) is 0 Å². The standard InChI is InChI=1S/C14H14BrNO3/c15-12-4-3-9-5-11(2-1-10(9)6-12)14(19)16-7-13(18)8-17/h1-6,13,17-18H,7-8H2,(H,16,19). The molecule has 100 valence electrons. The van der Waals surface area contributed by atoms with Gasteiger partial charge in [-0.15, -0.1) is 0 Å². The highest BCUT2D eigenvalue weighted by Crippen LogP contribution is 2.20. The van der Waals surface area contributed by atoms with Crippen LogP contribution in [0.25, 0.3) is 10.8 Å². The Labute approximate surface area is 119 Å². The van der Waals surface area contributed by atoms with Gasteiger partial charge in [0.2, 0.25) is 0 Å². The van der Waals surface area contributed by atoms with Crippen LogP contribution in [-0.4, -0.2) is 35.4 Å². The van der Waals surface area contributed by atoms with Gasteiger partial charge in [0, 0.05) is 16.6 Å². The summed E-state index contributed by atoms with van der Waals surface area (Å²) in [5.74, 6) is -0.266. The van der Waals surface area contributed by atoms with Crippen molar-refractivity contribution >= 4 is 32.6 Å². The van der Waals surface area contributed by atoms with Crippen LogP contribution in [0.15, 0.2) is 40.9 Å². The molecule has 0 saturated carbocycles. The first kappa shape index (κ1) is 14.0. The molecule has 1 atom stereocenters. The lowest BCUT2D eigenvalue weighted by molar-refractivity contribution is 0.0802. The average Bonchev–Trinajstić information content (AvgIpc) is 2.43. The fourth-order valence-electron chi connectivity index (χ4n) is 1.73. The lowest BCUT2D eigenvalue weighted by atomic mass is 10.1. The highest BCUT2D eigenvalue weighted by molar-refractivity contribution is 9.10. The van der Waals surface area contributed by atoms with E-state index in [-0.39, 0.29) is 19.1 Å². The molecule has 1 unspecified atom stereocenters. The van der Waals surface area contributed by atoms with Crippen LogP contribution in [0, 0.1) is 0 Å². The fourth-order valence-corrected chi connectivity index (χ4v) is 2.11. The van der Waals surface area contributed by atoms with Gasteiger partial charge in [0.15, 0.2) is 0 Å². The highest BCUT2D eigenvalue weighted by atomic mass is 79.9. The number of halogens is 1. The lowest BCUT2D eigenvalue weighted by Gasteiger charge is -2.09. The summed E-state index contributed by atoms with van der Waals surface area (Å²) in [6.07, 6.45) is -0.930. The maximum Gasteiger partial charge on any atom is 0.251 e. The number of hydrogen-bond donors (Lipinski definition) is 3. The van der Waals surface area contributed by atoms with E-state index in [2.05, 4.69) is 21.2 Å². The van der Waals surface area contributed by atoms with Crippen molar-refractivity contribution in [3.63, 3.8) is 0 Å². The van der Waals surface area contributed by atoms with Gasteiger partial charge in [-0.25, -0.2) is 0 Å². The van der Waals surface area contributed by atoms with Crippen LogP contribution >= 0.6 is 15.9 Å². The van der Waals surface area contributed by atoms with E-state index in [1.807, 2.05) is 24.3 Å². The van der Waals surface area contributed by atoms with Crippen molar-refractivity contribution in [2.24, 2.45) is 0 Å². The molecule has 0 fully saturated rings. The number of amides is 1. The molecule has 0 bridgehead atoms. The second-order valence-corrected chi connectivity index (χ2v) is 5.17. The van der Waals surface area contributed by atoms with E-state index < -0.39 is 6.10 Å². The monoisotopic (exact) mass is 323 g/mol. The van der Waals surface area contributed by atoms with Crippen LogP contribution in [0.2, 0.25) is 0 Å². The third kappa shape index (κ3) is 3.53. The number of carbonyl (C=O) groups excluding carboxylic acids is 1. The molecule has 0 aliphatic heterocycles. The first-order valence-corrected chi connectivity index (χ1v) is 6.66. The number of nitrogens with one attached hydrogen (secondary N) is 1. The summed E-state index contributed by atoms with van der Waals surface area (Å²) in [5.41, 5.74) is 0.528. The van der Waals surface area contributed by atoms with Crippen LogP contribution in [0.1, 0.15) is 10.4 Å². The summed E-state index contributed by atoms with van der Waals surface area (Å²) in [5, 5.41) is 22.4. The van der Waals surface area contributed by atoms with E-state index in [4.69, 9.17) is 5.11 Å². The summed E-state index contributed by atoms with van der Waals surface area (Å²) in [6, 6.07) is 11.2. The van der Waals surface area contributed by atoms with Gasteiger partial charge in [-0.1, -0.05) is 28.1 Å². The quantitative estimate of drug-likeness (QED) is 0.802. The zero-order valence-electron chi connectivity index (χ0n) is 10.1. The summed E-state index contributed by atoms with van der Waals surface area (Å²) in [7, 11) is 0. The molecule has 0 saturated heterocycles. The topological polar surface area (TPSA) is 69.6 Å². The zero-order valence-corrected chi connectivity index (χ0v) is 11.7. The van der Waals surface area contributed by atoms with E-state index in [0.29, 0.717) is 5.56 Å². The van der Waals surface area contributed by atoms with Crippen molar-refractivity contribution in [2.45, 2.75) is 6.10 Å². The molecule has 0 radical (unpaired) electrons. The molecule has 3 N–H and O–H groups in total. The van der Waals surface area contributed by atoms with Gasteiger partial charge < -0.3 is 15.5 Å². The minimum absolute atomic E-state index is 0.0354. The summed E-state index contributed by atoms with van der Waals surface area (Å²) < 4.78 is 0.989. The number of fused-ring (bicyclic) bond motifs is 1. The fraction of sp³-hybridized carbons (Fsp3) is 0.214. The maximum absolute atomic E-state index is 11.9. The first-order valence-electron chi connectivity index (χ1n) is 5.86. The van der Waals surface area contributed by atoms with Gasteiger partial charge in [0.05, 0.1) is 12.7 Å². The second-order valence-electron chi connectivity index (χ2n) is 4.25. The molecule has 4 nitrogen and oxygen atoms in total. The van der Waals surface area contributed by atoms with Gasteiger partial charge in [0.25, 0.3) is 5.91 Å². The molecular weight excluding hydrogens is 310 g/mol. The number of benzene rings is 2. The third-order valence-corrected chi connectivity index (χ3v) is 3.27. The Morgan fingerprint density at radius 3 is 2.63 bits per heavy atom. The van der Waals surface area contributed by atoms with E-state index in [0.717, 1.165) is 15.2 Å². The molecular formula is C14H14BrNO3. The van der Waals surface area contributed by atoms with Crippen molar-refractivity contribution in [3.05, 3.63) is 46.4 Å². The Morgan fingerprint density at radius 2 is 1.89 bits per heavy atom. The maximum atomic E-state index is 11.9. The van der Waals surface area contributed by atoms with Crippen LogP contribution < -0.4 is 5.32 Å². The zero-order chi connectivity index (χ0) is 13.8. The average molecular weight is 324 g/mol. The van der Waals surface area contributed by atoms with Gasteiger partial charge in [0.1, 0.15) is 0 Å². The van der Waals surface area contributed by atoms with Crippen molar-refractivity contribution in [1.29, 1.82) is 0 Å². The SMILES string of the molecule is O=C(NCC(O)CO)c1ccc2cc(Br)ccc2c1. The molecule has 2 rings (SSSR count). The Morgan fingerprint density at radius 1 is 1.21 bits per heavy atom. The molecule has 0 spiro atoms.